The summed E-state index contributed by atoms with van der Waals surface area (Å²) < 4.78 is 31.4. The molecule has 0 N–H and O–H groups in total. The average Bonchev–Trinajstić information content (AvgIpc) is 2.83. The van der Waals surface area contributed by atoms with Crippen molar-refractivity contribution < 1.29 is 23.1 Å². The van der Waals surface area contributed by atoms with Crippen LogP contribution >= 0.6 is 0 Å². The number of piperazine rings is 1. The van der Waals surface area contributed by atoms with Crippen LogP contribution < -0.4 is 0 Å². The van der Waals surface area contributed by atoms with Gasteiger partial charge in [0.25, 0.3) is 0 Å². The van der Waals surface area contributed by atoms with E-state index < -0.39 is 0 Å². The van der Waals surface area contributed by atoms with Crippen LogP contribution in [0.2, 0.25) is 0 Å². The molecule has 1 heterocycles. The smallest absolute Gasteiger partial charge is 0.305 e. The average molecular weight is 459 g/mol. The van der Waals surface area contributed by atoms with Crippen LogP contribution in [0.15, 0.2) is 48.5 Å². The summed E-state index contributed by atoms with van der Waals surface area (Å²) in [5, 5.41) is 0. The molecule has 5 nitrogen and oxygen atoms in total. The molecule has 1 aliphatic rings. The molecule has 0 unspecified atom stereocenters. The summed E-state index contributed by atoms with van der Waals surface area (Å²) in [6, 6.07) is 13.1. The summed E-state index contributed by atoms with van der Waals surface area (Å²) in [4.78, 5) is 27.7. The van der Waals surface area contributed by atoms with Gasteiger partial charge < -0.3 is 9.64 Å². The van der Waals surface area contributed by atoms with Crippen molar-refractivity contribution in [2.24, 2.45) is 0 Å². The molecular weight excluding hydrogens is 426 g/mol. The highest BCUT2D eigenvalue weighted by atomic mass is 19.1. The Balaban J connectivity index is 1.47. The molecule has 0 radical (unpaired) electrons. The van der Waals surface area contributed by atoms with Crippen LogP contribution in [-0.2, 0) is 14.3 Å². The topological polar surface area (TPSA) is 49.9 Å². The first-order chi connectivity index (χ1) is 16.0. The molecule has 1 amide bonds. The van der Waals surface area contributed by atoms with Gasteiger partial charge in [-0.15, -0.1) is 0 Å². The minimum Gasteiger partial charge on any atom is -0.469 e. The van der Waals surface area contributed by atoms with Crippen LogP contribution in [0.3, 0.4) is 0 Å². The SMILES string of the molecule is COC(=O)CCCC(=O)N1CCN(CCCC(c2ccc(F)cc2)c2ccc(F)cc2)CC1. The van der Waals surface area contributed by atoms with Crippen molar-refractivity contribution in [1.29, 1.82) is 0 Å². The molecule has 0 atom stereocenters. The Morgan fingerprint density at radius 2 is 1.39 bits per heavy atom. The first-order valence-corrected chi connectivity index (χ1v) is 11.5. The van der Waals surface area contributed by atoms with E-state index in [2.05, 4.69) is 9.64 Å². The van der Waals surface area contributed by atoms with Gasteiger partial charge in [-0.3, -0.25) is 14.5 Å². The summed E-state index contributed by atoms with van der Waals surface area (Å²) in [6.07, 6.45) is 2.95. The van der Waals surface area contributed by atoms with E-state index in [-0.39, 0.29) is 35.8 Å². The Morgan fingerprint density at radius 3 is 1.91 bits per heavy atom. The van der Waals surface area contributed by atoms with Crippen molar-refractivity contribution in [2.75, 3.05) is 39.8 Å². The maximum atomic E-state index is 13.4. The Bertz CT molecular complexity index is 849. The fraction of sp³-hybridized carbons (Fsp3) is 0.462. The molecular formula is C26H32F2N2O3. The predicted octanol–water partition coefficient (Wildman–Crippen LogP) is 4.36. The van der Waals surface area contributed by atoms with Gasteiger partial charge >= 0.3 is 5.97 Å². The number of esters is 1. The number of carbonyl (C=O) groups excluding carboxylic acids is 2. The van der Waals surface area contributed by atoms with Gasteiger partial charge in [0.15, 0.2) is 0 Å². The maximum absolute atomic E-state index is 13.4. The Hall–Kier alpha value is -2.80. The molecule has 33 heavy (non-hydrogen) atoms. The third kappa shape index (κ3) is 7.63. The second-order valence-electron chi connectivity index (χ2n) is 8.45. The molecule has 2 aromatic carbocycles. The molecule has 7 heteroatoms. The van der Waals surface area contributed by atoms with E-state index in [1.807, 2.05) is 4.90 Å². The summed E-state index contributed by atoms with van der Waals surface area (Å²) in [6.45, 7) is 3.93. The lowest BCUT2D eigenvalue weighted by Gasteiger charge is -2.35. The second kappa shape index (κ2) is 12.4. The van der Waals surface area contributed by atoms with Crippen LogP contribution in [-0.4, -0.2) is 61.5 Å². The predicted molar refractivity (Wildman–Crippen MR) is 123 cm³/mol. The Labute approximate surface area is 194 Å². The van der Waals surface area contributed by atoms with Gasteiger partial charge in [0.05, 0.1) is 7.11 Å². The highest BCUT2D eigenvalue weighted by molar-refractivity contribution is 5.77. The molecule has 1 saturated heterocycles. The minimum atomic E-state index is -0.285. The third-order valence-electron chi connectivity index (χ3n) is 6.24. The largest absolute Gasteiger partial charge is 0.469 e. The zero-order chi connectivity index (χ0) is 23.6. The normalized spacial score (nSPS) is 14.5. The monoisotopic (exact) mass is 458 g/mol. The van der Waals surface area contributed by atoms with Gasteiger partial charge in [-0.25, -0.2) is 8.78 Å². The van der Waals surface area contributed by atoms with Crippen molar-refractivity contribution >= 4 is 11.9 Å². The highest BCUT2D eigenvalue weighted by Crippen LogP contribution is 2.30. The van der Waals surface area contributed by atoms with E-state index in [9.17, 15) is 18.4 Å². The van der Waals surface area contributed by atoms with Crippen LogP contribution in [0.1, 0.15) is 49.1 Å². The third-order valence-corrected chi connectivity index (χ3v) is 6.24. The Morgan fingerprint density at radius 1 is 0.848 bits per heavy atom. The first kappa shape index (κ1) is 24.8. The van der Waals surface area contributed by atoms with Gasteiger partial charge in [-0.2, -0.15) is 0 Å². The fourth-order valence-corrected chi connectivity index (χ4v) is 4.30. The van der Waals surface area contributed by atoms with Crippen molar-refractivity contribution in [3.8, 4) is 0 Å². The molecule has 2 aromatic rings. The fourth-order valence-electron chi connectivity index (χ4n) is 4.30. The maximum Gasteiger partial charge on any atom is 0.305 e. The van der Waals surface area contributed by atoms with E-state index in [1.54, 1.807) is 24.3 Å². The zero-order valence-electron chi connectivity index (χ0n) is 19.1. The lowest BCUT2D eigenvalue weighted by Crippen LogP contribution is -2.48. The van der Waals surface area contributed by atoms with E-state index in [0.29, 0.717) is 25.9 Å². The summed E-state index contributed by atoms with van der Waals surface area (Å²) in [5.74, 6) is -0.661. The van der Waals surface area contributed by atoms with Crippen LogP contribution in [0.5, 0.6) is 0 Å². The molecule has 0 spiro atoms. The molecule has 0 bridgehead atoms. The second-order valence-corrected chi connectivity index (χ2v) is 8.45. The summed E-state index contributed by atoms with van der Waals surface area (Å²) >= 11 is 0. The van der Waals surface area contributed by atoms with E-state index in [4.69, 9.17) is 0 Å². The van der Waals surface area contributed by atoms with Gasteiger partial charge in [0.1, 0.15) is 11.6 Å². The number of amides is 1. The van der Waals surface area contributed by atoms with Crippen LogP contribution in [0.4, 0.5) is 8.78 Å². The van der Waals surface area contributed by atoms with Gasteiger partial charge in [0, 0.05) is 44.9 Å². The molecule has 0 aliphatic carbocycles. The van der Waals surface area contributed by atoms with Gasteiger partial charge in [-0.1, -0.05) is 24.3 Å². The number of rotatable bonds is 10. The van der Waals surface area contributed by atoms with Gasteiger partial charge in [-0.05, 0) is 61.2 Å². The van der Waals surface area contributed by atoms with Crippen LogP contribution in [0.25, 0.3) is 0 Å². The van der Waals surface area contributed by atoms with Gasteiger partial charge in [0.2, 0.25) is 5.91 Å². The number of hydrogen-bond acceptors (Lipinski definition) is 4. The van der Waals surface area contributed by atoms with Crippen molar-refractivity contribution in [2.45, 2.75) is 38.0 Å². The molecule has 1 fully saturated rings. The number of carbonyl (C=O) groups is 2. The van der Waals surface area contributed by atoms with Crippen molar-refractivity contribution in [3.05, 3.63) is 71.3 Å². The number of methoxy groups -OCH3 is 1. The number of nitrogens with zero attached hydrogens (tertiary/aromatic N) is 2. The summed E-state index contributed by atoms with van der Waals surface area (Å²) in [5.41, 5.74) is 2.04. The van der Waals surface area contributed by atoms with Crippen molar-refractivity contribution in [3.63, 3.8) is 0 Å². The number of hydrogen-bond donors (Lipinski definition) is 0. The number of benzene rings is 2. The Kier molecular flexibility index (Phi) is 9.36. The van der Waals surface area contributed by atoms with E-state index in [1.165, 1.54) is 31.4 Å². The summed E-state index contributed by atoms with van der Waals surface area (Å²) in [7, 11) is 1.35. The number of halogens is 2. The zero-order valence-corrected chi connectivity index (χ0v) is 19.1. The first-order valence-electron chi connectivity index (χ1n) is 11.5. The highest BCUT2D eigenvalue weighted by Gasteiger charge is 2.21. The molecule has 1 aliphatic heterocycles. The molecule has 0 aromatic heterocycles. The molecule has 3 rings (SSSR count). The quantitative estimate of drug-likeness (QED) is 0.497. The minimum absolute atomic E-state index is 0.0730. The molecule has 0 saturated carbocycles. The van der Waals surface area contributed by atoms with Crippen molar-refractivity contribution in [1.82, 2.24) is 9.80 Å². The lowest BCUT2D eigenvalue weighted by atomic mass is 9.87. The van der Waals surface area contributed by atoms with E-state index in [0.717, 1.165) is 43.6 Å². The standard InChI is InChI=1S/C26H32F2N2O3/c1-33-26(32)6-2-5-25(31)30-18-16-29(17-19-30)15-3-4-24(20-7-11-22(27)12-8-20)21-9-13-23(28)14-10-21/h7-14,24H,2-6,15-19H2,1H3. The van der Waals surface area contributed by atoms with Crippen LogP contribution in [0, 0.1) is 11.6 Å². The van der Waals surface area contributed by atoms with E-state index >= 15 is 0 Å². The molecule has 178 valence electrons. The number of ether oxygens (including phenoxy) is 1. The lowest BCUT2D eigenvalue weighted by molar-refractivity contribution is -0.141.